The monoisotopic (exact) mass is 374 g/mol. The molecular weight excluding hydrogens is 340 g/mol. The molecule has 6 atom stereocenters. The van der Waals surface area contributed by atoms with Crippen molar-refractivity contribution in [3.8, 4) is 0 Å². The van der Waals surface area contributed by atoms with Gasteiger partial charge in [-0.25, -0.2) is 0 Å². The summed E-state index contributed by atoms with van der Waals surface area (Å²) in [6.07, 6.45) is 7.98. The van der Waals surface area contributed by atoms with E-state index in [9.17, 15) is 9.59 Å². The molecule has 27 heavy (non-hydrogen) atoms. The second-order valence-electron chi connectivity index (χ2n) is 9.86. The molecule has 0 aromatic heterocycles. The van der Waals surface area contributed by atoms with Crippen molar-refractivity contribution in [2.24, 2.45) is 45.4 Å². The Balaban J connectivity index is 1.52. The highest BCUT2D eigenvalue weighted by Crippen LogP contribution is 2.64. The largest absolute Gasteiger partial charge is 0.396 e. The summed E-state index contributed by atoms with van der Waals surface area (Å²) < 4.78 is 0. The number of nitrogens with two attached hydrogens (primary N) is 1. The van der Waals surface area contributed by atoms with E-state index in [2.05, 4.69) is 19.0 Å². The van der Waals surface area contributed by atoms with Gasteiger partial charge in [0.2, 0.25) is 0 Å². The standard InChI is InChI=1S/C22H34N2O3/c1-21-8-6-14(24-27-11-3-10-23)12-18(21)19(25)13-15-16-4-5-20(26)22(16,2)9-7-17(15)21/h15-18H,3-13,23H2,1-2H3/b24-14+/t15-,16-,17-,18+,21+,22-/m0/s1. The highest BCUT2D eigenvalue weighted by atomic mass is 16.6. The first-order chi connectivity index (χ1) is 12.9. The van der Waals surface area contributed by atoms with Gasteiger partial charge in [0.1, 0.15) is 18.2 Å². The molecule has 4 fully saturated rings. The predicted molar refractivity (Wildman–Crippen MR) is 104 cm³/mol. The highest BCUT2D eigenvalue weighted by molar-refractivity contribution is 5.93. The molecule has 4 saturated carbocycles. The Bertz CT molecular complexity index is 660. The Morgan fingerprint density at radius 1 is 1.11 bits per heavy atom. The van der Waals surface area contributed by atoms with Crippen molar-refractivity contribution in [1.82, 2.24) is 0 Å². The molecule has 0 aromatic carbocycles. The maximum atomic E-state index is 13.2. The van der Waals surface area contributed by atoms with E-state index in [0.29, 0.717) is 48.9 Å². The van der Waals surface area contributed by atoms with E-state index in [1.165, 1.54) is 0 Å². The smallest absolute Gasteiger partial charge is 0.139 e. The topological polar surface area (TPSA) is 81.8 Å². The van der Waals surface area contributed by atoms with Gasteiger partial charge in [0, 0.05) is 24.2 Å². The molecule has 0 radical (unpaired) electrons. The molecule has 0 aromatic rings. The van der Waals surface area contributed by atoms with Crippen molar-refractivity contribution in [2.75, 3.05) is 13.2 Å². The van der Waals surface area contributed by atoms with Gasteiger partial charge >= 0.3 is 0 Å². The molecule has 0 saturated heterocycles. The van der Waals surface area contributed by atoms with Crippen LogP contribution in [0.2, 0.25) is 0 Å². The normalized spacial score (nSPS) is 45.4. The molecule has 0 bridgehead atoms. The molecule has 0 aliphatic heterocycles. The molecule has 5 nitrogen and oxygen atoms in total. The van der Waals surface area contributed by atoms with Crippen LogP contribution in [0, 0.1) is 34.5 Å². The lowest BCUT2D eigenvalue weighted by Gasteiger charge is -2.58. The van der Waals surface area contributed by atoms with E-state index < -0.39 is 0 Å². The first-order valence-corrected chi connectivity index (χ1v) is 10.8. The average molecular weight is 375 g/mol. The molecule has 0 amide bonds. The van der Waals surface area contributed by atoms with Gasteiger partial charge in [0.05, 0.1) is 5.71 Å². The van der Waals surface area contributed by atoms with E-state index in [0.717, 1.165) is 57.1 Å². The molecule has 4 aliphatic carbocycles. The maximum absolute atomic E-state index is 13.2. The molecule has 0 heterocycles. The zero-order valence-electron chi connectivity index (χ0n) is 16.8. The van der Waals surface area contributed by atoms with Crippen LogP contribution in [0.3, 0.4) is 0 Å². The fraction of sp³-hybridized carbons (Fsp3) is 0.864. The van der Waals surface area contributed by atoms with Crippen LogP contribution >= 0.6 is 0 Å². The summed E-state index contributed by atoms with van der Waals surface area (Å²) in [4.78, 5) is 31.1. The summed E-state index contributed by atoms with van der Waals surface area (Å²) in [5.74, 6) is 2.31. The van der Waals surface area contributed by atoms with E-state index in [1.54, 1.807) is 0 Å². The Morgan fingerprint density at radius 2 is 1.93 bits per heavy atom. The van der Waals surface area contributed by atoms with Gasteiger partial charge in [-0.05, 0) is 74.7 Å². The van der Waals surface area contributed by atoms with Gasteiger partial charge in [-0.15, -0.1) is 0 Å². The van der Waals surface area contributed by atoms with Crippen LogP contribution in [0.15, 0.2) is 5.16 Å². The van der Waals surface area contributed by atoms with Crippen LogP contribution < -0.4 is 5.73 Å². The lowest BCUT2D eigenvalue weighted by Crippen LogP contribution is -2.56. The molecule has 0 unspecified atom stereocenters. The van der Waals surface area contributed by atoms with Gasteiger partial charge in [0.25, 0.3) is 0 Å². The Morgan fingerprint density at radius 3 is 2.70 bits per heavy atom. The van der Waals surface area contributed by atoms with Crippen molar-refractivity contribution >= 4 is 17.3 Å². The fourth-order valence-corrected chi connectivity index (χ4v) is 6.99. The van der Waals surface area contributed by atoms with Crippen LogP contribution in [-0.2, 0) is 14.4 Å². The first-order valence-electron chi connectivity index (χ1n) is 10.8. The molecular formula is C22H34N2O3. The minimum atomic E-state index is -0.164. The molecule has 2 N–H and O–H groups in total. The number of carbonyl (C=O) groups excluding carboxylic acids is 2. The SMILES string of the molecule is C[C@]12CC/C(=N\OCCCN)C[C@@H]1C(=O)C[C@@H]1[C@@H]2CC[C@]2(C)C(=O)CC[C@@H]12. The lowest BCUT2D eigenvalue weighted by atomic mass is 9.45. The Kier molecular flexibility index (Phi) is 4.94. The van der Waals surface area contributed by atoms with Crippen molar-refractivity contribution in [1.29, 1.82) is 0 Å². The highest BCUT2D eigenvalue weighted by Gasteiger charge is 2.62. The third-order valence-electron chi connectivity index (χ3n) is 8.64. The average Bonchev–Trinajstić information content (AvgIpc) is 2.95. The quantitative estimate of drug-likeness (QED) is 0.603. The zero-order valence-corrected chi connectivity index (χ0v) is 16.8. The fourth-order valence-electron chi connectivity index (χ4n) is 6.99. The van der Waals surface area contributed by atoms with Gasteiger partial charge in [-0.3, -0.25) is 9.59 Å². The number of ketones is 2. The van der Waals surface area contributed by atoms with E-state index in [4.69, 9.17) is 10.6 Å². The molecule has 0 spiro atoms. The minimum Gasteiger partial charge on any atom is -0.396 e. The second kappa shape index (κ2) is 6.98. The summed E-state index contributed by atoms with van der Waals surface area (Å²) in [5.41, 5.74) is 6.43. The molecule has 4 rings (SSSR count). The number of nitrogens with zero attached hydrogens (tertiary/aromatic N) is 1. The third kappa shape index (κ3) is 2.97. The van der Waals surface area contributed by atoms with Crippen LogP contribution in [-0.4, -0.2) is 30.4 Å². The first kappa shape index (κ1) is 19.1. The van der Waals surface area contributed by atoms with Crippen LogP contribution in [0.4, 0.5) is 0 Å². The third-order valence-corrected chi connectivity index (χ3v) is 8.64. The molecule has 150 valence electrons. The van der Waals surface area contributed by atoms with Crippen molar-refractivity contribution in [2.45, 2.75) is 71.6 Å². The van der Waals surface area contributed by atoms with Crippen molar-refractivity contribution in [3.05, 3.63) is 0 Å². The van der Waals surface area contributed by atoms with Crippen LogP contribution in [0.1, 0.15) is 71.6 Å². The summed E-state index contributed by atoms with van der Waals surface area (Å²) >= 11 is 0. The van der Waals surface area contributed by atoms with E-state index in [-0.39, 0.29) is 16.7 Å². The second-order valence-corrected chi connectivity index (χ2v) is 9.86. The van der Waals surface area contributed by atoms with E-state index >= 15 is 0 Å². The Labute approximate surface area is 162 Å². The minimum absolute atomic E-state index is 0.0588. The number of fused-ring (bicyclic) bond motifs is 5. The zero-order chi connectivity index (χ0) is 19.2. The predicted octanol–water partition coefficient (Wildman–Crippen LogP) is 3.50. The number of carbonyl (C=O) groups is 2. The van der Waals surface area contributed by atoms with Crippen LogP contribution in [0.5, 0.6) is 0 Å². The van der Waals surface area contributed by atoms with Gasteiger partial charge in [-0.1, -0.05) is 19.0 Å². The van der Waals surface area contributed by atoms with E-state index in [1.807, 2.05) is 0 Å². The summed E-state index contributed by atoms with van der Waals surface area (Å²) in [7, 11) is 0. The summed E-state index contributed by atoms with van der Waals surface area (Å²) in [6, 6.07) is 0. The Hall–Kier alpha value is -1.23. The summed E-state index contributed by atoms with van der Waals surface area (Å²) in [6.45, 7) is 5.68. The van der Waals surface area contributed by atoms with Crippen molar-refractivity contribution < 1.29 is 14.4 Å². The summed E-state index contributed by atoms with van der Waals surface area (Å²) in [5, 5.41) is 4.32. The number of oxime groups is 1. The lowest BCUT2D eigenvalue weighted by molar-refractivity contribution is -0.152. The number of Topliss-reactive ketones (excluding diaryl/α,β-unsaturated/α-hetero) is 2. The number of hydrogen-bond acceptors (Lipinski definition) is 5. The molecule has 4 aliphatic rings. The molecule has 5 heteroatoms. The van der Waals surface area contributed by atoms with Gasteiger partial charge in [-0.2, -0.15) is 0 Å². The van der Waals surface area contributed by atoms with Crippen molar-refractivity contribution in [3.63, 3.8) is 0 Å². The number of hydrogen-bond donors (Lipinski definition) is 1. The number of rotatable bonds is 4. The van der Waals surface area contributed by atoms with Gasteiger partial charge < -0.3 is 10.6 Å². The van der Waals surface area contributed by atoms with Gasteiger partial charge in [0.15, 0.2) is 0 Å². The van der Waals surface area contributed by atoms with Crippen LogP contribution in [0.25, 0.3) is 0 Å². The maximum Gasteiger partial charge on any atom is 0.139 e.